The number of benzene rings is 1. The van der Waals surface area contributed by atoms with Crippen molar-refractivity contribution in [1.29, 1.82) is 0 Å². The van der Waals surface area contributed by atoms with Crippen molar-refractivity contribution >= 4 is 5.57 Å². The minimum Gasteiger partial charge on any atom is -0.496 e. The Morgan fingerprint density at radius 2 is 2.00 bits per heavy atom. The number of methoxy groups -OCH3 is 2. The Morgan fingerprint density at radius 1 is 1.22 bits per heavy atom. The fourth-order valence-electron chi connectivity index (χ4n) is 2.91. The summed E-state index contributed by atoms with van der Waals surface area (Å²) in [6.45, 7) is 2.12. The predicted molar refractivity (Wildman–Crippen MR) is 70.6 cm³/mol. The fraction of sp³-hybridized carbons (Fsp3) is 0.467. The second-order valence-corrected chi connectivity index (χ2v) is 4.86. The third-order valence-electron chi connectivity index (χ3n) is 3.76. The standard InChI is InChI=1S/C15H18O3/c1-9-7-10-5-4-6-11-12(16-2)8-13(17-3)14(9)15(11)18-10/h7-8,10H,4-6H2,1-3H3/t10-/m1/s1. The molecule has 3 nitrogen and oxygen atoms in total. The van der Waals surface area contributed by atoms with Gasteiger partial charge in [-0.15, -0.1) is 0 Å². The second-order valence-electron chi connectivity index (χ2n) is 4.86. The maximum Gasteiger partial charge on any atom is 0.138 e. The Morgan fingerprint density at radius 3 is 2.72 bits per heavy atom. The lowest BCUT2D eigenvalue weighted by molar-refractivity contribution is 0.237. The van der Waals surface area contributed by atoms with Crippen molar-refractivity contribution in [3.05, 3.63) is 23.3 Å². The van der Waals surface area contributed by atoms with Crippen molar-refractivity contribution < 1.29 is 14.2 Å². The zero-order valence-electron chi connectivity index (χ0n) is 11.1. The van der Waals surface area contributed by atoms with Gasteiger partial charge in [-0.05, 0) is 37.8 Å². The van der Waals surface area contributed by atoms with E-state index in [1.54, 1.807) is 14.2 Å². The van der Waals surface area contributed by atoms with Gasteiger partial charge in [-0.3, -0.25) is 0 Å². The van der Waals surface area contributed by atoms with E-state index in [1.807, 2.05) is 6.07 Å². The predicted octanol–water partition coefficient (Wildman–Crippen LogP) is 3.20. The van der Waals surface area contributed by atoms with Crippen molar-refractivity contribution in [1.82, 2.24) is 0 Å². The van der Waals surface area contributed by atoms with Crippen LogP contribution >= 0.6 is 0 Å². The summed E-state index contributed by atoms with van der Waals surface area (Å²) in [7, 11) is 3.39. The molecule has 0 aromatic heterocycles. The van der Waals surface area contributed by atoms with Crippen LogP contribution in [0.3, 0.4) is 0 Å². The molecule has 0 unspecified atom stereocenters. The van der Waals surface area contributed by atoms with Gasteiger partial charge in [0, 0.05) is 11.6 Å². The largest absolute Gasteiger partial charge is 0.496 e. The number of rotatable bonds is 2. The maximum atomic E-state index is 6.09. The van der Waals surface area contributed by atoms with Gasteiger partial charge in [0.05, 0.1) is 19.8 Å². The van der Waals surface area contributed by atoms with Crippen LogP contribution < -0.4 is 14.2 Å². The summed E-state index contributed by atoms with van der Waals surface area (Å²) in [6.07, 6.45) is 5.61. The molecule has 2 aliphatic rings. The van der Waals surface area contributed by atoms with Crippen LogP contribution in [0.2, 0.25) is 0 Å². The molecule has 0 saturated heterocycles. The van der Waals surface area contributed by atoms with Gasteiger partial charge in [0.15, 0.2) is 0 Å². The summed E-state index contributed by atoms with van der Waals surface area (Å²) in [5, 5.41) is 0. The molecule has 1 aromatic rings. The van der Waals surface area contributed by atoms with Crippen LogP contribution in [0.5, 0.6) is 17.2 Å². The fourth-order valence-corrected chi connectivity index (χ4v) is 2.91. The van der Waals surface area contributed by atoms with Crippen LogP contribution in [0.25, 0.3) is 5.57 Å². The third kappa shape index (κ3) is 1.57. The minimum absolute atomic E-state index is 0.204. The van der Waals surface area contributed by atoms with Crippen LogP contribution in [0.15, 0.2) is 12.1 Å². The Hall–Kier alpha value is -1.64. The molecule has 0 spiro atoms. The third-order valence-corrected chi connectivity index (χ3v) is 3.76. The molecule has 96 valence electrons. The maximum absolute atomic E-state index is 6.09. The molecule has 0 fully saturated rings. The summed E-state index contributed by atoms with van der Waals surface area (Å²) < 4.78 is 17.1. The highest BCUT2D eigenvalue weighted by atomic mass is 16.5. The van der Waals surface area contributed by atoms with Crippen LogP contribution in [-0.4, -0.2) is 20.3 Å². The number of allylic oxidation sites excluding steroid dienone is 1. The first-order valence-corrected chi connectivity index (χ1v) is 6.38. The van der Waals surface area contributed by atoms with Crippen molar-refractivity contribution in [2.24, 2.45) is 0 Å². The van der Waals surface area contributed by atoms with Gasteiger partial charge in [-0.25, -0.2) is 0 Å². The Bertz CT molecular complexity index is 517. The molecule has 3 heteroatoms. The van der Waals surface area contributed by atoms with Crippen molar-refractivity contribution in [3.8, 4) is 17.2 Å². The lowest BCUT2D eigenvalue weighted by Gasteiger charge is -2.26. The molecule has 2 bridgehead atoms. The van der Waals surface area contributed by atoms with E-state index in [1.165, 1.54) is 11.1 Å². The first kappa shape index (κ1) is 11.5. The van der Waals surface area contributed by atoms with Gasteiger partial charge in [0.1, 0.15) is 23.4 Å². The molecule has 2 aliphatic heterocycles. The topological polar surface area (TPSA) is 27.7 Å². The van der Waals surface area contributed by atoms with Crippen LogP contribution in [0.4, 0.5) is 0 Å². The molecule has 0 N–H and O–H groups in total. The number of hydrogen-bond donors (Lipinski definition) is 0. The average Bonchev–Trinajstić information content (AvgIpc) is 2.56. The molecule has 18 heavy (non-hydrogen) atoms. The van der Waals surface area contributed by atoms with E-state index < -0.39 is 0 Å². The zero-order chi connectivity index (χ0) is 12.7. The minimum atomic E-state index is 0.204. The lowest BCUT2D eigenvalue weighted by Crippen LogP contribution is -2.17. The molecule has 0 aliphatic carbocycles. The summed E-state index contributed by atoms with van der Waals surface area (Å²) in [6, 6.07) is 1.97. The highest BCUT2D eigenvalue weighted by Gasteiger charge is 2.29. The van der Waals surface area contributed by atoms with Gasteiger partial charge in [0.2, 0.25) is 0 Å². The zero-order valence-corrected chi connectivity index (χ0v) is 11.1. The van der Waals surface area contributed by atoms with Gasteiger partial charge in [0.25, 0.3) is 0 Å². The molecule has 1 aromatic carbocycles. The van der Waals surface area contributed by atoms with E-state index in [-0.39, 0.29) is 6.10 Å². The Labute approximate surface area is 107 Å². The summed E-state index contributed by atoms with van der Waals surface area (Å²) in [5.74, 6) is 2.68. The molecule has 0 amide bonds. The van der Waals surface area contributed by atoms with Gasteiger partial charge in [-0.1, -0.05) is 0 Å². The van der Waals surface area contributed by atoms with Crippen LogP contribution in [-0.2, 0) is 6.42 Å². The number of ether oxygens (including phenoxy) is 3. The Balaban J connectivity index is 2.29. The normalized spacial score (nSPS) is 20.6. The molecule has 2 heterocycles. The van der Waals surface area contributed by atoms with Gasteiger partial charge >= 0.3 is 0 Å². The van der Waals surface area contributed by atoms with Crippen LogP contribution in [0.1, 0.15) is 30.9 Å². The monoisotopic (exact) mass is 246 g/mol. The van der Waals surface area contributed by atoms with E-state index >= 15 is 0 Å². The van der Waals surface area contributed by atoms with E-state index in [0.29, 0.717) is 0 Å². The van der Waals surface area contributed by atoms with Crippen LogP contribution in [0, 0.1) is 0 Å². The Kier molecular flexibility index (Phi) is 2.69. The number of hydrogen-bond acceptors (Lipinski definition) is 3. The highest BCUT2D eigenvalue weighted by Crippen LogP contribution is 2.47. The molecular formula is C15H18O3. The molecular weight excluding hydrogens is 228 g/mol. The summed E-state index contributed by atoms with van der Waals surface area (Å²) >= 11 is 0. The first-order chi connectivity index (χ1) is 8.74. The smallest absolute Gasteiger partial charge is 0.138 e. The highest BCUT2D eigenvalue weighted by molar-refractivity contribution is 5.79. The van der Waals surface area contributed by atoms with Gasteiger partial charge < -0.3 is 14.2 Å². The molecule has 1 atom stereocenters. The molecule has 0 saturated carbocycles. The quantitative estimate of drug-likeness (QED) is 0.802. The van der Waals surface area contributed by atoms with Crippen molar-refractivity contribution in [2.75, 3.05) is 14.2 Å². The van der Waals surface area contributed by atoms with Crippen molar-refractivity contribution in [2.45, 2.75) is 32.3 Å². The van der Waals surface area contributed by atoms with E-state index in [9.17, 15) is 0 Å². The second kappa shape index (κ2) is 4.23. The molecule has 3 rings (SSSR count). The average molecular weight is 246 g/mol. The first-order valence-electron chi connectivity index (χ1n) is 6.38. The lowest BCUT2D eigenvalue weighted by atomic mass is 9.97. The summed E-state index contributed by atoms with van der Waals surface area (Å²) in [5.41, 5.74) is 3.51. The molecule has 0 radical (unpaired) electrons. The van der Waals surface area contributed by atoms with E-state index in [0.717, 1.165) is 42.1 Å². The van der Waals surface area contributed by atoms with Crippen molar-refractivity contribution in [3.63, 3.8) is 0 Å². The van der Waals surface area contributed by atoms with E-state index in [4.69, 9.17) is 14.2 Å². The van der Waals surface area contributed by atoms with Gasteiger partial charge in [-0.2, -0.15) is 0 Å². The SMILES string of the molecule is COc1cc(OC)c2c3c1CCC[C@H](C=C2C)O3. The summed E-state index contributed by atoms with van der Waals surface area (Å²) in [4.78, 5) is 0. The van der Waals surface area contributed by atoms with E-state index in [2.05, 4.69) is 13.0 Å². The number of fused-ring (bicyclic) bond motifs is 1.